The Kier molecular flexibility index (Phi) is 4.63. The molecule has 1 amide bonds. The van der Waals surface area contributed by atoms with Gasteiger partial charge in [0.25, 0.3) is 0 Å². The van der Waals surface area contributed by atoms with Crippen molar-refractivity contribution in [3.05, 3.63) is 0 Å². The molecule has 0 bridgehead atoms. The van der Waals surface area contributed by atoms with E-state index in [9.17, 15) is 18.0 Å². The summed E-state index contributed by atoms with van der Waals surface area (Å²) in [5.74, 6) is -1.62. The van der Waals surface area contributed by atoms with Gasteiger partial charge in [-0.15, -0.1) is 0 Å². The highest BCUT2D eigenvalue weighted by molar-refractivity contribution is 6.55. The largest absolute Gasteiger partial charge is 0.470 e. The van der Waals surface area contributed by atoms with Crippen LogP contribution in [0.4, 0.5) is 13.2 Å². The molecule has 0 unspecified atom stereocenters. The van der Waals surface area contributed by atoms with Crippen LogP contribution in [0.1, 0.15) is 13.8 Å². The molecule has 0 atom stereocenters. The molecule has 2 nitrogen and oxygen atoms in total. The Hall–Kier alpha value is -0.523. The molecule has 6 heteroatoms. The van der Waals surface area contributed by atoms with Crippen molar-refractivity contribution in [3.8, 4) is 0 Å². The lowest BCUT2D eigenvalue weighted by Crippen LogP contribution is -2.48. The summed E-state index contributed by atoms with van der Waals surface area (Å²) < 4.78 is 37.4. The Morgan fingerprint density at radius 1 is 1.36 bits per heavy atom. The van der Waals surface area contributed by atoms with Gasteiger partial charge in [-0.05, 0) is 5.92 Å². The molecule has 0 rings (SSSR count). The maximum Gasteiger partial charge on any atom is 0.470 e. The molecule has 0 radical (unpaired) electrons. The topological polar surface area (TPSA) is 20.3 Å². The number of carbonyl (C=O) groups excluding carboxylic acids is 1. The van der Waals surface area contributed by atoms with Crippen LogP contribution in [0.3, 0.4) is 0 Å². The molecule has 14 heavy (non-hydrogen) atoms. The summed E-state index contributed by atoms with van der Waals surface area (Å²) >= 11 is 0. The third-order valence-electron chi connectivity index (χ3n) is 1.69. The summed E-state index contributed by atoms with van der Waals surface area (Å²) in [6, 6.07) is 0. The van der Waals surface area contributed by atoms with Crippen molar-refractivity contribution in [3.63, 3.8) is 0 Å². The average Bonchev–Trinajstić information content (AvgIpc) is 1.96. The van der Waals surface area contributed by atoms with Gasteiger partial charge in [-0.1, -0.05) is 26.9 Å². The van der Waals surface area contributed by atoms with E-state index in [-0.39, 0.29) is 12.5 Å². The fraction of sp³-hybridized carbons (Fsp3) is 0.875. The lowest BCUT2D eigenvalue weighted by molar-refractivity contribution is -0.181. The molecule has 0 heterocycles. The van der Waals surface area contributed by atoms with Crippen molar-refractivity contribution in [1.29, 1.82) is 0 Å². The number of nitrogens with zero attached hydrogens (tertiary/aromatic N) is 1. The third kappa shape index (κ3) is 4.12. The predicted molar refractivity (Wildman–Crippen MR) is 51.5 cm³/mol. The van der Waals surface area contributed by atoms with Crippen LogP contribution in [0.5, 0.6) is 0 Å². The van der Waals surface area contributed by atoms with Crippen molar-refractivity contribution >= 4 is 14.9 Å². The van der Waals surface area contributed by atoms with Crippen LogP contribution < -0.4 is 0 Å². The van der Waals surface area contributed by atoms with Gasteiger partial charge in [-0.3, -0.25) is 4.79 Å². The van der Waals surface area contributed by atoms with E-state index in [1.807, 2.05) is 0 Å². The summed E-state index contributed by atoms with van der Waals surface area (Å²) in [5.41, 5.74) is 0. The molecular formula is C8H16F3NOSi. The summed E-state index contributed by atoms with van der Waals surface area (Å²) in [7, 11) is -1.74. The fourth-order valence-electron chi connectivity index (χ4n) is 1.08. The van der Waals surface area contributed by atoms with Gasteiger partial charge in [0.15, 0.2) is 0 Å². The standard InChI is InChI=1S/C8H16F3NOSi/c1-6(2)5-12(14(3)4)7(13)8(9,10)11/h6,14H,5H2,1-4H3. The van der Waals surface area contributed by atoms with E-state index in [0.717, 1.165) is 4.57 Å². The van der Waals surface area contributed by atoms with Gasteiger partial charge in [0.2, 0.25) is 0 Å². The minimum Gasteiger partial charge on any atom is -0.365 e. The molecule has 0 aliphatic rings. The molecule has 0 aromatic rings. The van der Waals surface area contributed by atoms with Crippen molar-refractivity contribution in [2.24, 2.45) is 5.92 Å². The Labute approximate surface area is 83.8 Å². The van der Waals surface area contributed by atoms with Crippen molar-refractivity contribution < 1.29 is 18.0 Å². The van der Waals surface area contributed by atoms with Crippen LogP contribution in [0.25, 0.3) is 0 Å². The summed E-state index contributed by atoms with van der Waals surface area (Å²) in [5, 5.41) is 0. The first kappa shape index (κ1) is 13.5. The monoisotopic (exact) mass is 227 g/mol. The number of amides is 1. The van der Waals surface area contributed by atoms with E-state index in [0.29, 0.717) is 0 Å². The van der Waals surface area contributed by atoms with Crippen molar-refractivity contribution in [1.82, 2.24) is 4.57 Å². The van der Waals surface area contributed by atoms with Gasteiger partial charge in [0, 0.05) is 6.54 Å². The second kappa shape index (κ2) is 4.81. The minimum atomic E-state index is -4.73. The van der Waals surface area contributed by atoms with Gasteiger partial charge in [0.1, 0.15) is 8.96 Å². The second-order valence-corrected chi connectivity index (χ2v) is 6.75. The van der Waals surface area contributed by atoms with Crippen LogP contribution in [-0.4, -0.2) is 32.2 Å². The minimum absolute atomic E-state index is 0.0659. The van der Waals surface area contributed by atoms with Crippen LogP contribution in [0.2, 0.25) is 13.1 Å². The highest BCUT2D eigenvalue weighted by Crippen LogP contribution is 2.20. The first-order chi connectivity index (χ1) is 6.16. The maximum atomic E-state index is 12.1. The highest BCUT2D eigenvalue weighted by Gasteiger charge is 2.43. The Morgan fingerprint density at radius 2 is 1.79 bits per heavy atom. The molecule has 0 aliphatic carbocycles. The van der Waals surface area contributed by atoms with Crippen LogP contribution in [0.15, 0.2) is 0 Å². The van der Waals surface area contributed by atoms with Crippen LogP contribution >= 0.6 is 0 Å². The van der Waals surface area contributed by atoms with Gasteiger partial charge < -0.3 is 4.57 Å². The van der Waals surface area contributed by atoms with Gasteiger partial charge in [0.05, 0.1) is 0 Å². The molecular weight excluding hydrogens is 211 g/mol. The van der Waals surface area contributed by atoms with Crippen LogP contribution in [0, 0.1) is 5.92 Å². The fourth-order valence-corrected chi connectivity index (χ4v) is 2.54. The molecule has 0 saturated heterocycles. The lowest BCUT2D eigenvalue weighted by atomic mass is 10.2. The Bertz CT molecular complexity index is 203. The zero-order chi connectivity index (χ0) is 11.5. The number of hydrogen-bond donors (Lipinski definition) is 0. The number of carbonyl (C=O) groups is 1. The van der Waals surface area contributed by atoms with Gasteiger partial charge in [-0.2, -0.15) is 13.2 Å². The Balaban J connectivity index is 4.59. The summed E-state index contributed by atoms with van der Waals surface area (Å²) in [6.07, 6.45) is -4.73. The highest BCUT2D eigenvalue weighted by atomic mass is 28.3. The molecule has 0 aromatic heterocycles. The molecule has 84 valence electrons. The normalized spacial score (nSPS) is 12.4. The molecule has 0 N–H and O–H groups in total. The van der Waals surface area contributed by atoms with Crippen LogP contribution in [-0.2, 0) is 4.79 Å². The second-order valence-electron chi connectivity index (χ2n) is 3.94. The summed E-state index contributed by atoms with van der Waals surface area (Å²) in [4.78, 5) is 11.0. The molecule has 0 aromatic carbocycles. The summed E-state index contributed by atoms with van der Waals surface area (Å²) in [6.45, 7) is 7.22. The van der Waals surface area contributed by atoms with Gasteiger partial charge in [-0.25, -0.2) is 0 Å². The first-order valence-electron chi connectivity index (χ1n) is 4.54. The van der Waals surface area contributed by atoms with Gasteiger partial charge >= 0.3 is 12.1 Å². The number of hydrogen-bond acceptors (Lipinski definition) is 1. The van der Waals surface area contributed by atoms with Crippen molar-refractivity contribution in [2.45, 2.75) is 33.1 Å². The quantitative estimate of drug-likeness (QED) is 0.675. The van der Waals surface area contributed by atoms with E-state index in [1.165, 1.54) is 0 Å². The maximum absolute atomic E-state index is 12.1. The first-order valence-corrected chi connectivity index (χ1v) is 7.36. The SMILES string of the molecule is CC(C)CN(C(=O)C(F)(F)F)[SiH](C)C. The Morgan fingerprint density at radius 3 is 2.00 bits per heavy atom. The third-order valence-corrected chi connectivity index (χ3v) is 3.38. The van der Waals surface area contributed by atoms with E-state index >= 15 is 0 Å². The van der Waals surface area contributed by atoms with E-state index in [2.05, 4.69) is 0 Å². The smallest absolute Gasteiger partial charge is 0.365 e. The molecule has 0 fully saturated rings. The lowest BCUT2D eigenvalue weighted by Gasteiger charge is -2.28. The molecule has 0 spiro atoms. The zero-order valence-corrected chi connectivity index (χ0v) is 10.0. The molecule has 0 aliphatic heterocycles. The van der Waals surface area contributed by atoms with E-state index in [4.69, 9.17) is 0 Å². The number of halogens is 3. The number of rotatable bonds is 3. The predicted octanol–water partition coefficient (Wildman–Crippen LogP) is 2.02. The zero-order valence-electron chi connectivity index (χ0n) is 8.85. The molecule has 0 saturated carbocycles. The van der Waals surface area contributed by atoms with E-state index in [1.54, 1.807) is 26.9 Å². The van der Waals surface area contributed by atoms with E-state index < -0.39 is 21.0 Å². The van der Waals surface area contributed by atoms with Crippen molar-refractivity contribution in [2.75, 3.05) is 6.54 Å². The average molecular weight is 227 g/mol. The number of alkyl halides is 3.